The van der Waals surface area contributed by atoms with E-state index in [4.69, 9.17) is 16.3 Å². The molecule has 0 unspecified atom stereocenters. The van der Waals surface area contributed by atoms with Crippen LogP contribution in [0.5, 0.6) is 5.75 Å². The molecule has 2 aromatic carbocycles. The molecule has 7 heteroatoms. The summed E-state index contributed by atoms with van der Waals surface area (Å²) in [6.45, 7) is 9.99. The third-order valence-corrected chi connectivity index (χ3v) is 6.13. The normalized spacial score (nSPS) is 11.2. The average Bonchev–Trinajstić information content (AvgIpc) is 3.17. The quantitative estimate of drug-likeness (QED) is 0.459. The number of anilines is 1. The number of amides is 1. The Bertz CT molecular complexity index is 954. The van der Waals surface area contributed by atoms with E-state index in [1.54, 1.807) is 17.0 Å². The van der Waals surface area contributed by atoms with E-state index in [2.05, 4.69) is 23.7 Å². The van der Waals surface area contributed by atoms with Crippen molar-refractivity contribution in [3.63, 3.8) is 0 Å². The van der Waals surface area contributed by atoms with Crippen LogP contribution in [-0.2, 0) is 0 Å². The van der Waals surface area contributed by atoms with Gasteiger partial charge in [0, 0.05) is 18.7 Å². The highest BCUT2D eigenvalue weighted by Crippen LogP contribution is 2.33. The second-order valence-corrected chi connectivity index (χ2v) is 7.94. The van der Waals surface area contributed by atoms with E-state index in [0.29, 0.717) is 28.9 Å². The molecule has 0 spiro atoms. The number of benzene rings is 2. The van der Waals surface area contributed by atoms with Crippen LogP contribution in [0.3, 0.4) is 0 Å². The van der Waals surface area contributed by atoms with Gasteiger partial charge in [0.25, 0.3) is 5.91 Å². The Kier molecular flexibility index (Phi) is 7.47. The molecule has 0 saturated heterocycles. The van der Waals surface area contributed by atoms with Crippen molar-refractivity contribution in [2.75, 3.05) is 37.7 Å². The van der Waals surface area contributed by atoms with Gasteiger partial charge in [0.05, 0.1) is 16.3 Å². The smallest absolute Gasteiger partial charge is 0.260 e. The number of hydrogen-bond acceptors (Lipinski definition) is 5. The van der Waals surface area contributed by atoms with Crippen LogP contribution in [0.4, 0.5) is 5.13 Å². The van der Waals surface area contributed by atoms with E-state index < -0.39 is 0 Å². The Morgan fingerprint density at radius 2 is 1.79 bits per heavy atom. The lowest BCUT2D eigenvalue weighted by Crippen LogP contribution is -2.38. The molecule has 0 atom stereocenters. The molecule has 3 aromatic rings. The van der Waals surface area contributed by atoms with Gasteiger partial charge < -0.3 is 9.64 Å². The van der Waals surface area contributed by atoms with Crippen LogP contribution in [0.1, 0.15) is 31.1 Å². The third-order valence-electron chi connectivity index (χ3n) is 4.78. The van der Waals surface area contributed by atoms with Gasteiger partial charge in [-0.15, -0.1) is 0 Å². The van der Waals surface area contributed by atoms with Gasteiger partial charge in [-0.25, -0.2) is 4.98 Å². The minimum absolute atomic E-state index is 0.0737. The fourth-order valence-corrected chi connectivity index (χ4v) is 4.39. The Morgan fingerprint density at radius 3 is 2.41 bits per heavy atom. The number of para-hydroxylation sites is 1. The number of halogens is 1. The van der Waals surface area contributed by atoms with Gasteiger partial charge in [-0.3, -0.25) is 9.69 Å². The molecule has 154 valence electrons. The summed E-state index contributed by atoms with van der Waals surface area (Å²) in [4.78, 5) is 22.1. The van der Waals surface area contributed by atoms with E-state index in [9.17, 15) is 4.79 Å². The predicted octanol–water partition coefficient (Wildman–Crippen LogP) is 5.34. The molecule has 1 amide bonds. The molecule has 29 heavy (non-hydrogen) atoms. The minimum Gasteiger partial charge on any atom is -0.494 e. The fourth-order valence-electron chi connectivity index (χ4n) is 3.10. The summed E-state index contributed by atoms with van der Waals surface area (Å²) in [6, 6.07) is 13.0. The highest BCUT2D eigenvalue weighted by molar-refractivity contribution is 7.22. The summed E-state index contributed by atoms with van der Waals surface area (Å²) >= 11 is 7.80. The van der Waals surface area contributed by atoms with Gasteiger partial charge in [0.2, 0.25) is 0 Å². The van der Waals surface area contributed by atoms with Crippen molar-refractivity contribution in [2.24, 2.45) is 0 Å². The fraction of sp³-hybridized carbons (Fsp3) is 0.364. The van der Waals surface area contributed by atoms with Crippen LogP contribution in [0, 0.1) is 0 Å². The van der Waals surface area contributed by atoms with Gasteiger partial charge in [0.15, 0.2) is 5.13 Å². The van der Waals surface area contributed by atoms with Crippen molar-refractivity contribution < 1.29 is 9.53 Å². The largest absolute Gasteiger partial charge is 0.494 e. The monoisotopic (exact) mass is 431 g/mol. The molecule has 0 bridgehead atoms. The van der Waals surface area contributed by atoms with Crippen molar-refractivity contribution in [1.82, 2.24) is 9.88 Å². The number of ether oxygens (including phenoxy) is 1. The van der Waals surface area contributed by atoms with Crippen LogP contribution >= 0.6 is 22.9 Å². The lowest BCUT2D eigenvalue weighted by Gasteiger charge is -2.24. The van der Waals surface area contributed by atoms with Gasteiger partial charge in [-0.05, 0) is 56.4 Å². The molecule has 1 aromatic heterocycles. The van der Waals surface area contributed by atoms with Crippen LogP contribution in [-0.4, -0.2) is 48.6 Å². The highest BCUT2D eigenvalue weighted by atomic mass is 35.5. The third kappa shape index (κ3) is 5.07. The lowest BCUT2D eigenvalue weighted by molar-refractivity contribution is 0.0983. The standard InChI is InChI=1S/C22H26ClN3O2S/c1-4-25(5-2)14-15-26(21(27)16-10-12-17(13-11-16)28-6-3)22-24-20-18(23)8-7-9-19(20)29-22/h7-13H,4-6,14-15H2,1-3H3. The van der Waals surface area contributed by atoms with Crippen LogP contribution in [0.25, 0.3) is 10.2 Å². The summed E-state index contributed by atoms with van der Waals surface area (Å²) in [7, 11) is 0. The summed E-state index contributed by atoms with van der Waals surface area (Å²) in [6.07, 6.45) is 0. The summed E-state index contributed by atoms with van der Waals surface area (Å²) in [5.41, 5.74) is 1.35. The minimum atomic E-state index is -0.0737. The zero-order valence-corrected chi connectivity index (χ0v) is 18.6. The molecule has 5 nitrogen and oxygen atoms in total. The SMILES string of the molecule is CCOc1ccc(C(=O)N(CCN(CC)CC)c2nc3c(Cl)cccc3s2)cc1. The molecule has 0 N–H and O–H groups in total. The maximum Gasteiger partial charge on any atom is 0.260 e. The molecule has 3 rings (SSSR count). The zero-order chi connectivity index (χ0) is 20.8. The van der Waals surface area contributed by atoms with Crippen molar-refractivity contribution >= 4 is 44.2 Å². The Labute approximate surface area is 180 Å². The number of carbonyl (C=O) groups is 1. The molecule has 0 aliphatic carbocycles. The number of thiazole rings is 1. The first kappa shape index (κ1) is 21.6. The molecule has 0 aliphatic heterocycles. The number of aromatic nitrogens is 1. The maximum atomic E-state index is 13.4. The zero-order valence-electron chi connectivity index (χ0n) is 17.0. The number of fused-ring (bicyclic) bond motifs is 1. The molecule has 1 heterocycles. The topological polar surface area (TPSA) is 45.7 Å². The molecule has 0 radical (unpaired) electrons. The molecule has 0 saturated carbocycles. The van der Waals surface area contributed by atoms with Crippen molar-refractivity contribution in [1.29, 1.82) is 0 Å². The van der Waals surface area contributed by atoms with E-state index in [1.165, 1.54) is 11.3 Å². The summed E-state index contributed by atoms with van der Waals surface area (Å²) in [5, 5.41) is 1.27. The second-order valence-electron chi connectivity index (χ2n) is 6.52. The van der Waals surface area contributed by atoms with E-state index in [-0.39, 0.29) is 5.91 Å². The first-order valence-corrected chi connectivity index (χ1v) is 11.1. The molecule has 0 fully saturated rings. The first-order valence-electron chi connectivity index (χ1n) is 9.89. The number of rotatable bonds is 9. The number of hydrogen-bond donors (Lipinski definition) is 0. The average molecular weight is 432 g/mol. The second kappa shape index (κ2) is 10.1. The van der Waals surface area contributed by atoms with Gasteiger partial charge in [0.1, 0.15) is 11.3 Å². The van der Waals surface area contributed by atoms with Gasteiger partial charge in [-0.1, -0.05) is 42.9 Å². The van der Waals surface area contributed by atoms with Crippen molar-refractivity contribution in [2.45, 2.75) is 20.8 Å². The molecule has 0 aliphatic rings. The number of likely N-dealkylation sites (N-methyl/N-ethyl adjacent to an activating group) is 1. The van der Waals surface area contributed by atoms with Crippen LogP contribution < -0.4 is 9.64 Å². The van der Waals surface area contributed by atoms with Crippen molar-refractivity contribution in [3.8, 4) is 5.75 Å². The van der Waals surface area contributed by atoms with Crippen molar-refractivity contribution in [3.05, 3.63) is 53.1 Å². The van der Waals surface area contributed by atoms with E-state index in [0.717, 1.165) is 35.6 Å². The number of nitrogens with zero attached hydrogens (tertiary/aromatic N) is 3. The Balaban J connectivity index is 1.92. The molecular weight excluding hydrogens is 406 g/mol. The van der Waals surface area contributed by atoms with Crippen LogP contribution in [0.15, 0.2) is 42.5 Å². The number of carbonyl (C=O) groups excluding carboxylic acids is 1. The Morgan fingerprint density at radius 1 is 1.07 bits per heavy atom. The Hall–Kier alpha value is -2.15. The predicted molar refractivity (Wildman–Crippen MR) is 122 cm³/mol. The summed E-state index contributed by atoms with van der Waals surface area (Å²) in [5.74, 6) is 0.681. The van der Waals surface area contributed by atoms with Gasteiger partial charge in [-0.2, -0.15) is 0 Å². The summed E-state index contributed by atoms with van der Waals surface area (Å²) < 4.78 is 6.46. The first-order chi connectivity index (χ1) is 14.1. The van der Waals surface area contributed by atoms with Gasteiger partial charge >= 0.3 is 0 Å². The van der Waals surface area contributed by atoms with Crippen LogP contribution in [0.2, 0.25) is 5.02 Å². The van der Waals surface area contributed by atoms with E-state index in [1.807, 2.05) is 37.3 Å². The van der Waals surface area contributed by atoms with E-state index >= 15 is 0 Å². The molecular formula is C22H26ClN3O2S. The lowest BCUT2D eigenvalue weighted by atomic mass is 10.2. The maximum absolute atomic E-state index is 13.4. The highest BCUT2D eigenvalue weighted by Gasteiger charge is 2.22.